The lowest BCUT2D eigenvalue weighted by atomic mass is 9.81. The minimum Gasteiger partial charge on any atom is -0.354 e. The second-order valence-corrected chi connectivity index (χ2v) is 9.44. The van der Waals surface area contributed by atoms with Crippen molar-refractivity contribution in [3.63, 3.8) is 0 Å². The third-order valence-electron chi connectivity index (χ3n) is 6.74. The molecule has 0 radical (unpaired) electrons. The molecule has 2 N–H and O–H groups in total. The predicted molar refractivity (Wildman–Crippen MR) is 136 cm³/mol. The van der Waals surface area contributed by atoms with E-state index in [1.807, 2.05) is 6.07 Å². The number of aromatic nitrogens is 5. The lowest BCUT2D eigenvalue weighted by Gasteiger charge is -2.25. The molecule has 1 fully saturated rings. The normalized spacial score (nSPS) is 17.4. The smallest absolute Gasteiger partial charge is 0.354 e. The minimum atomic E-state index is -4.80. The SMILES string of the molecule is O=C(NCCNC(=O)[C@H]1CC[C@H](c2nc(-c3ccccn3)no2)CC1)c1cn(-c2ccccc2)nc1C(F)(F)F. The highest BCUT2D eigenvalue weighted by atomic mass is 19.4. The Morgan fingerprint density at radius 2 is 1.70 bits per heavy atom. The van der Waals surface area contributed by atoms with Crippen molar-refractivity contribution in [3.05, 3.63) is 78.1 Å². The van der Waals surface area contributed by atoms with Crippen LogP contribution < -0.4 is 10.6 Å². The molecule has 3 heterocycles. The first-order chi connectivity index (χ1) is 19.3. The zero-order valence-corrected chi connectivity index (χ0v) is 21.3. The second kappa shape index (κ2) is 11.7. The number of amides is 2. The zero-order chi connectivity index (χ0) is 28.1. The van der Waals surface area contributed by atoms with Gasteiger partial charge in [0.2, 0.25) is 17.6 Å². The van der Waals surface area contributed by atoms with Gasteiger partial charge in [-0.25, -0.2) is 4.68 Å². The molecule has 1 saturated carbocycles. The van der Waals surface area contributed by atoms with Crippen molar-refractivity contribution >= 4 is 11.8 Å². The van der Waals surface area contributed by atoms with Crippen molar-refractivity contribution in [1.29, 1.82) is 0 Å². The van der Waals surface area contributed by atoms with Crippen LogP contribution in [0.4, 0.5) is 13.2 Å². The quantitative estimate of drug-likeness (QED) is 0.314. The molecule has 0 spiro atoms. The van der Waals surface area contributed by atoms with Crippen molar-refractivity contribution < 1.29 is 27.3 Å². The van der Waals surface area contributed by atoms with Gasteiger partial charge in [-0.15, -0.1) is 0 Å². The first-order valence-electron chi connectivity index (χ1n) is 12.8. The molecule has 0 saturated heterocycles. The zero-order valence-electron chi connectivity index (χ0n) is 21.3. The van der Waals surface area contributed by atoms with Crippen LogP contribution in [0.25, 0.3) is 17.2 Å². The van der Waals surface area contributed by atoms with Crippen LogP contribution in [-0.2, 0) is 11.0 Å². The predicted octanol–water partition coefficient (Wildman–Crippen LogP) is 4.16. The number of carbonyl (C=O) groups is 2. The van der Waals surface area contributed by atoms with Gasteiger partial charge in [0.25, 0.3) is 5.91 Å². The van der Waals surface area contributed by atoms with Crippen LogP contribution in [-0.4, -0.2) is 49.8 Å². The Kier molecular flexibility index (Phi) is 7.89. The summed E-state index contributed by atoms with van der Waals surface area (Å²) >= 11 is 0. The second-order valence-electron chi connectivity index (χ2n) is 9.44. The van der Waals surface area contributed by atoms with E-state index in [9.17, 15) is 22.8 Å². The van der Waals surface area contributed by atoms with Crippen LogP contribution >= 0.6 is 0 Å². The Hall–Kier alpha value is -4.55. The summed E-state index contributed by atoms with van der Waals surface area (Å²) in [6.45, 7) is 0.0434. The van der Waals surface area contributed by atoms with Crippen LogP contribution in [0.1, 0.15) is 53.5 Å². The van der Waals surface area contributed by atoms with E-state index in [-0.39, 0.29) is 30.8 Å². The number of nitrogens with zero attached hydrogens (tertiary/aromatic N) is 5. The van der Waals surface area contributed by atoms with Crippen LogP contribution in [0.2, 0.25) is 0 Å². The van der Waals surface area contributed by atoms with Crippen LogP contribution in [0.15, 0.2) is 65.4 Å². The Bertz CT molecular complexity index is 1450. The monoisotopic (exact) mass is 553 g/mol. The number of carbonyl (C=O) groups excluding carboxylic acids is 2. The maximum Gasteiger partial charge on any atom is 0.435 e. The topological polar surface area (TPSA) is 128 Å². The molecule has 0 bridgehead atoms. The molecule has 0 aliphatic heterocycles. The molecule has 3 aromatic heterocycles. The van der Waals surface area contributed by atoms with Gasteiger partial charge in [0.15, 0.2) is 5.69 Å². The summed E-state index contributed by atoms with van der Waals surface area (Å²) in [7, 11) is 0. The van der Waals surface area contributed by atoms with Crippen LogP contribution in [0, 0.1) is 5.92 Å². The number of nitrogens with one attached hydrogen (secondary N) is 2. The standard InChI is InChI=1S/C27H26F3N7O3/c28-27(29,30)22-20(16-37(35-22)19-6-2-1-3-7-19)25(39)33-15-14-32-24(38)17-9-11-18(12-10-17)26-34-23(36-40-26)21-8-4-5-13-31-21/h1-8,13,16-18H,9-12,14-15H2,(H,32,38)(H,33,39)/t17-,18-. The van der Waals surface area contributed by atoms with Gasteiger partial charge in [0, 0.05) is 37.3 Å². The first kappa shape index (κ1) is 27.0. The van der Waals surface area contributed by atoms with E-state index in [1.165, 1.54) is 0 Å². The number of hydrogen-bond acceptors (Lipinski definition) is 7. The lowest BCUT2D eigenvalue weighted by Crippen LogP contribution is -2.38. The van der Waals surface area contributed by atoms with Gasteiger partial charge in [-0.1, -0.05) is 29.4 Å². The maximum atomic E-state index is 13.5. The Labute approximate surface area is 227 Å². The Morgan fingerprint density at radius 3 is 2.40 bits per heavy atom. The molecule has 5 rings (SSSR count). The van der Waals surface area contributed by atoms with E-state index in [2.05, 4.69) is 30.9 Å². The highest BCUT2D eigenvalue weighted by Crippen LogP contribution is 2.36. The van der Waals surface area contributed by atoms with E-state index in [4.69, 9.17) is 4.52 Å². The largest absolute Gasteiger partial charge is 0.435 e. The molecule has 4 aromatic rings. The molecule has 0 unspecified atom stereocenters. The summed E-state index contributed by atoms with van der Waals surface area (Å²) in [4.78, 5) is 33.9. The highest BCUT2D eigenvalue weighted by molar-refractivity contribution is 5.95. The number of benzene rings is 1. The molecule has 0 atom stereocenters. The summed E-state index contributed by atoms with van der Waals surface area (Å²) < 4.78 is 47.0. The molecule has 1 aliphatic rings. The number of para-hydroxylation sites is 1. The van der Waals surface area contributed by atoms with Gasteiger partial charge in [0.1, 0.15) is 5.69 Å². The average Bonchev–Trinajstić information content (AvgIpc) is 3.65. The molecule has 1 aromatic carbocycles. The van der Waals surface area contributed by atoms with Crippen molar-refractivity contribution in [2.45, 2.75) is 37.8 Å². The molecule has 2 amide bonds. The van der Waals surface area contributed by atoms with E-state index in [0.29, 0.717) is 48.8 Å². The van der Waals surface area contributed by atoms with Gasteiger partial charge in [0.05, 0.1) is 11.3 Å². The van der Waals surface area contributed by atoms with Gasteiger partial charge in [-0.3, -0.25) is 14.6 Å². The molecule has 13 heteroatoms. The minimum absolute atomic E-state index is 0.0357. The van der Waals surface area contributed by atoms with Crippen LogP contribution in [0.3, 0.4) is 0 Å². The van der Waals surface area contributed by atoms with Gasteiger partial charge < -0.3 is 15.2 Å². The van der Waals surface area contributed by atoms with Crippen LogP contribution in [0.5, 0.6) is 0 Å². The molecule has 208 valence electrons. The number of alkyl halides is 3. The summed E-state index contributed by atoms with van der Waals surface area (Å²) in [5.74, 6) is -0.309. The molecule has 1 aliphatic carbocycles. The van der Waals surface area contributed by atoms with Gasteiger partial charge >= 0.3 is 6.18 Å². The third kappa shape index (κ3) is 6.19. The fraction of sp³-hybridized carbons (Fsp3) is 0.333. The van der Waals surface area contributed by atoms with E-state index in [1.54, 1.807) is 48.7 Å². The first-order valence-corrected chi connectivity index (χ1v) is 12.8. The maximum absolute atomic E-state index is 13.5. The average molecular weight is 554 g/mol. The third-order valence-corrected chi connectivity index (χ3v) is 6.74. The molecular formula is C27H26F3N7O3. The highest BCUT2D eigenvalue weighted by Gasteiger charge is 2.39. The number of hydrogen-bond donors (Lipinski definition) is 2. The number of pyridine rings is 1. The van der Waals surface area contributed by atoms with E-state index < -0.39 is 23.3 Å². The van der Waals surface area contributed by atoms with Crippen molar-refractivity contribution in [1.82, 2.24) is 35.5 Å². The molecular weight excluding hydrogens is 527 g/mol. The fourth-order valence-electron chi connectivity index (χ4n) is 4.67. The number of halogens is 3. The van der Waals surface area contributed by atoms with Crippen molar-refractivity contribution in [2.75, 3.05) is 13.1 Å². The van der Waals surface area contributed by atoms with E-state index in [0.717, 1.165) is 10.9 Å². The summed E-state index contributed by atoms with van der Waals surface area (Å²) in [6.07, 6.45) is 0.540. The molecule has 40 heavy (non-hydrogen) atoms. The summed E-state index contributed by atoms with van der Waals surface area (Å²) in [5, 5.41) is 12.8. The summed E-state index contributed by atoms with van der Waals surface area (Å²) in [5.41, 5.74) is -0.852. The Balaban J connectivity index is 1.09. The van der Waals surface area contributed by atoms with Gasteiger partial charge in [-0.2, -0.15) is 23.3 Å². The fourth-order valence-corrected chi connectivity index (χ4v) is 4.67. The summed E-state index contributed by atoms with van der Waals surface area (Å²) in [6, 6.07) is 13.6. The van der Waals surface area contributed by atoms with Crippen molar-refractivity contribution in [3.8, 4) is 17.2 Å². The number of rotatable bonds is 8. The Morgan fingerprint density at radius 1 is 0.975 bits per heavy atom. The lowest BCUT2D eigenvalue weighted by molar-refractivity contribution is -0.141. The van der Waals surface area contributed by atoms with E-state index >= 15 is 0 Å². The van der Waals surface area contributed by atoms with Gasteiger partial charge in [-0.05, 0) is 49.9 Å². The van der Waals surface area contributed by atoms with Crippen molar-refractivity contribution in [2.24, 2.45) is 5.92 Å². The molecule has 10 nitrogen and oxygen atoms in total.